The summed E-state index contributed by atoms with van der Waals surface area (Å²) < 4.78 is 24.0. The number of hydrogen-bond donors (Lipinski definition) is 3. The van der Waals surface area contributed by atoms with E-state index in [4.69, 9.17) is 5.73 Å². The Kier molecular flexibility index (Phi) is 5.56. The number of amides is 1. The van der Waals surface area contributed by atoms with Crippen LogP contribution in [-0.4, -0.2) is 59.5 Å². The number of primary amides is 1. The van der Waals surface area contributed by atoms with Gasteiger partial charge in [0.1, 0.15) is 5.75 Å². The normalized spacial score (nSPS) is 31.6. The maximum absolute atomic E-state index is 13.4. The zero-order valence-electron chi connectivity index (χ0n) is 17.3. The van der Waals surface area contributed by atoms with E-state index in [9.17, 15) is 42.6 Å². The van der Waals surface area contributed by atoms with Gasteiger partial charge in [0.15, 0.2) is 44.5 Å². The Balaban J connectivity index is 1.82. The first-order valence-corrected chi connectivity index (χ1v) is 13.2. The van der Waals surface area contributed by atoms with Gasteiger partial charge in [0, 0.05) is 27.7 Å². The van der Waals surface area contributed by atoms with Crippen molar-refractivity contribution in [2.45, 2.75) is 30.6 Å². The summed E-state index contributed by atoms with van der Waals surface area (Å²) in [7, 11) is -3.55. The fraction of sp³-hybridized carbons (Fsp3) is 0.476. The van der Waals surface area contributed by atoms with Crippen LogP contribution < -0.4 is 5.73 Å². The first-order valence-electron chi connectivity index (χ1n) is 10.1. The molecule has 10 nitrogen and oxygen atoms in total. The molecular weight excluding hydrogens is 569 g/mol. The smallest absolute Gasteiger partial charge is 0.235 e. The van der Waals surface area contributed by atoms with Crippen molar-refractivity contribution in [1.82, 2.24) is 0 Å². The van der Waals surface area contributed by atoms with Crippen LogP contribution in [0.3, 0.4) is 0 Å². The quantitative estimate of drug-likeness (QED) is 0.308. The molecule has 0 aromatic heterocycles. The number of ketones is 4. The van der Waals surface area contributed by atoms with Crippen LogP contribution in [0.4, 0.5) is 0 Å². The van der Waals surface area contributed by atoms with Crippen LogP contribution in [0.25, 0.3) is 0 Å². The number of halogens is 1. The average Bonchev–Trinajstić information content (AvgIpc) is 2.67. The molecule has 3 aliphatic rings. The van der Waals surface area contributed by atoms with Gasteiger partial charge in [-0.25, -0.2) is 8.42 Å². The molecule has 2 unspecified atom stereocenters. The van der Waals surface area contributed by atoms with Crippen molar-refractivity contribution in [2.75, 3.05) is 6.26 Å². The Bertz CT molecular complexity index is 1270. The highest BCUT2D eigenvalue weighted by Gasteiger charge is 2.66. The summed E-state index contributed by atoms with van der Waals surface area (Å²) in [5, 5.41) is 21.9. The summed E-state index contributed by atoms with van der Waals surface area (Å²) in [5.74, 6) is -11.6. The third kappa shape index (κ3) is 3.53. The van der Waals surface area contributed by atoms with Crippen LogP contribution in [-0.2, 0) is 41.2 Å². The maximum Gasteiger partial charge on any atom is 0.235 e. The standard InChI is InChI=1S/C21H20INO9S/c1-33(31,32)6-8-4-11(22)10-3-7-2-9-5-12(24)15(20(23)29)19(28)21(9,30)18(27)13(7)17(26)14(10)16(8)25/h4,7,9,13,15,25,30H,2-3,5-6H2,1H3,(H2,23,29)/t7-,9+,13?,15?,21+/m1/s1. The fourth-order valence-electron chi connectivity index (χ4n) is 5.43. The van der Waals surface area contributed by atoms with Crippen molar-refractivity contribution in [3.63, 3.8) is 0 Å². The Morgan fingerprint density at radius 2 is 1.85 bits per heavy atom. The zero-order chi connectivity index (χ0) is 24.6. The van der Waals surface area contributed by atoms with E-state index in [1.807, 2.05) is 22.6 Å². The first kappa shape index (κ1) is 24.0. The molecular formula is C21H20INO9S. The molecule has 0 heterocycles. The highest BCUT2D eigenvalue weighted by atomic mass is 127. The third-order valence-corrected chi connectivity index (χ3v) is 8.64. The molecule has 0 aliphatic heterocycles. The van der Waals surface area contributed by atoms with E-state index in [-0.39, 0.29) is 24.0 Å². The van der Waals surface area contributed by atoms with Crippen LogP contribution in [0, 0.1) is 27.2 Å². The van der Waals surface area contributed by atoms with Crippen molar-refractivity contribution in [1.29, 1.82) is 0 Å². The summed E-state index contributed by atoms with van der Waals surface area (Å²) in [6.07, 6.45) is 0.725. The zero-order valence-corrected chi connectivity index (χ0v) is 20.3. The van der Waals surface area contributed by atoms with Gasteiger partial charge in [-0.15, -0.1) is 0 Å². The van der Waals surface area contributed by atoms with E-state index < -0.39 is 86.1 Å². The fourth-order valence-corrected chi connectivity index (χ4v) is 7.08. The minimum absolute atomic E-state index is 0.000397. The van der Waals surface area contributed by atoms with Crippen molar-refractivity contribution < 1.29 is 42.6 Å². The summed E-state index contributed by atoms with van der Waals surface area (Å²) in [6, 6.07) is 1.47. The number of carbonyl (C=O) groups is 5. The molecule has 0 bridgehead atoms. The summed E-state index contributed by atoms with van der Waals surface area (Å²) in [5.41, 5.74) is 2.67. The summed E-state index contributed by atoms with van der Waals surface area (Å²) in [6.45, 7) is 0. The van der Waals surface area contributed by atoms with Crippen LogP contribution in [0.2, 0.25) is 0 Å². The lowest BCUT2D eigenvalue weighted by Crippen LogP contribution is -2.68. The second-order valence-electron chi connectivity index (χ2n) is 9.03. The lowest BCUT2D eigenvalue weighted by Gasteiger charge is -2.48. The van der Waals surface area contributed by atoms with Crippen LogP contribution in [0.5, 0.6) is 5.75 Å². The predicted molar refractivity (Wildman–Crippen MR) is 120 cm³/mol. The van der Waals surface area contributed by atoms with Crippen LogP contribution in [0.1, 0.15) is 34.3 Å². The molecule has 12 heteroatoms. The lowest BCUT2D eigenvalue weighted by molar-refractivity contribution is -0.175. The van der Waals surface area contributed by atoms with E-state index in [2.05, 4.69) is 0 Å². The molecule has 5 atom stereocenters. The van der Waals surface area contributed by atoms with E-state index in [0.717, 1.165) is 6.26 Å². The Labute approximate surface area is 202 Å². The molecule has 4 N–H and O–H groups in total. The van der Waals surface area contributed by atoms with Gasteiger partial charge in [0.2, 0.25) is 5.91 Å². The monoisotopic (exact) mass is 589 g/mol. The average molecular weight is 589 g/mol. The second-order valence-corrected chi connectivity index (χ2v) is 12.3. The van der Waals surface area contributed by atoms with Gasteiger partial charge < -0.3 is 15.9 Å². The molecule has 2 saturated carbocycles. The van der Waals surface area contributed by atoms with E-state index in [1.54, 1.807) is 0 Å². The van der Waals surface area contributed by atoms with Crippen molar-refractivity contribution >= 4 is 61.5 Å². The SMILES string of the molecule is CS(=O)(=O)Cc1cc(I)c2c(c1O)C(=O)C1C(=O)[C@]3(O)C(=O)C(C(N)=O)C(=O)C[C@@H]3C[C@@H]1C2. The second kappa shape index (κ2) is 7.67. The van der Waals surface area contributed by atoms with Crippen LogP contribution in [0.15, 0.2) is 6.07 Å². The molecule has 33 heavy (non-hydrogen) atoms. The number of phenols is 1. The number of sulfone groups is 1. The predicted octanol–water partition coefficient (Wildman–Crippen LogP) is -0.524. The van der Waals surface area contributed by atoms with Gasteiger partial charge in [-0.2, -0.15) is 0 Å². The van der Waals surface area contributed by atoms with Gasteiger partial charge in [0.05, 0.1) is 17.2 Å². The minimum atomic E-state index is -3.55. The van der Waals surface area contributed by atoms with Crippen molar-refractivity contribution in [2.24, 2.45) is 29.4 Å². The van der Waals surface area contributed by atoms with Crippen molar-refractivity contribution in [3.8, 4) is 5.75 Å². The summed E-state index contributed by atoms with van der Waals surface area (Å²) in [4.78, 5) is 63.7. The molecule has 2 fully saturated rings. The van der Waals surface area contributed by atoms with Gasteiger partial charge in [-0.05, 0) is 53.0 Å². The number of fused-ring (bicyclic) bond motifs is 3. The van der Waals surface area contributed by atoms with Gasteiger partial charge in [-0.3, -0.25) is 24.0 Å². The number of benzene rings is 1. The molecule has 0 radical (unpaired) electrons. The third-order valence-electron chi connectivity index (χ3n) is 6.84. The number of rotatable bonds is 3. The highest BCUT2D eigenvalue weighted by molar-refractivity contribution is 14.1. The number of aromatic hydroxyl groups is 1. The summed E-state index contributed by atoms with van der Waals surface area (Å²) >= 11 is 1.92. The van der Waals surface area contributed by atoms with E-state index >= 15 is 0 Å². The number of phenolic OH excluding ortho intramolecular Hbond substituents is 1. The van der Waals surface area contributed by atoms with Gasteiger partial charge >= 0.3 is 0 Å². The molecule has 1 amide bonds. The largest absolute Gasteiger partial charge is 0.507 e. The molecule has 3 aliphatic carbocycles. The van der Waals surface area contributed by atoms with E-state index in [1.165, 1.54) is 6.07 Å². The minimum Gasteiger partial charge on any atom is -0.507 e. The Hall–Kier alpha value is -2.19. The van der Waals surface area contributed by atoms with Crippen molar-refractivity contribution in [3.05, 3.63) is 26.3 Å². The highest BCUT2D eigenvalue weighted by Crippen LogP contribution is 2.50. The topological polar surface area (TPSA) is 186 Å². The number of nitrogens with two attached hydrogens (primary N) is 1. The van der Waals surface area contributed by atoms with Gasteiger partial charge in [-0.1, -0.05) is 0 Å². The molecule has 0 spiro atoms. The number of aliphatic hydroxyl groups is 1. The maximum atomic E-state index is 13.4. The Morgan fingerprint density at radius 1 is 1.21 bits per heavy atom. The lowest BCUT2D eigenvalue weighted by atomic mass is 9.54. The van der Waals surface area contributed by atoms with E-state index in [0.29, 0.717) is 9.13 Å². The molecule has 1 aromatic rings. The van der Waals surface area contributed by atoms with Gasteiger partial charge in [0.25, 0.3) is 0 Å². The Morgan fingerprint density at radius 3 is 2.42 bits per heavy atom. The molecule has 176 valence electrons. The first-order chi connectivity index (χ1) is 15.2. The number of carbonyl (C=O) groups excluding carboxylic acids is 5. The van der Waals surface area contributed by atoms with Crippen LogP contribution >= 0.6 is 22.6 Å². The number of Topliss-reactive ketones (excluding diaryl/α,β-unsaturated/α-hetero) is 4. The molecule has 4 rings (SSSR count). The molecule has 0 saturated heterocycles. The molecule has 1 aromatic carbocycles. The number of hydrogen-bond acceptors (Lipinski definition) is 9.